The van der Waals surface area contributed by atoms with Crippen LogP contribution in [0, 0.1) is 0 Å². The Hall–Kier alpha value is -2.69. The summed E-state index contributed by atoms with van der Waals surface area (Å²) in [4.78, 5) is 34.0. The molecule has 5 nitrogen and oxygen atoms in total. The molecule has 1 aliphatic rings. The molecule has 5 heteroatoms. The summed E-state index contributed by atoms with van der Waals surface area (Å²) in [5.41, 5.74) is 2.72. The predicted molar refractivity (Wildman–Crippen MR) is 110 cm³/mol. The Morgan fingerprint density at radius 1 is 1.18 bits per heavy atom. The van der Waals surface area contributed by atoms with Crippen molar-refractivity contribution in [2.75, 3.05) is 13.1 Å². The maximum Gasteiger partial charge on any atom is 0.254 e. The van der Waals surface area contributed by atoms with Crippen LogP contribution in [-0.4, -0.2) is 45.7 Å². The molecule has 1 saturated heterocycles. The van der Waals surface area contributed by atoms with E-state index >= 15 is 0 Å². The molecule has 0 N–H and O–H groups in total. The van der Waals surface area contributed by atoms with E-state index in [-0.39, 0.29) is 17.9 Å². The molecule has 0 spiro atoms. The van der Waals surface area contributed by atoms with Crippen molar-refractivity contribution in [3.8, 4) is 0 Å². The van der Waals surface area contributed by atoms with Gasteiger partial charge in [0.05, 0.1) is 0 Å². The van der Waals surface area contributed by atoms with Crippen LogP contribution in [0.1, 0.15) is 54.7 Å². The maximum absolute atomic E-state index is 13.1. The zero-order valence-corrected chi connectivity index (χ0v) is 16.8. The van der Waals surface area contributed by atoms with E-state index in [1.54, 1.807) is 12.3 Å². The van der Waals surface area contributed by atoms with Crippen LogP contribution in [0.15, 0.2) is 48.7 Å². The second kappa shape index (κ2) is 9.49. The van der Waals surface area contributed by atoms with Gasteiger partial charge in [0.25, 0.3) is 5.91 Å². The molecular weight excluding hydrogens is 350 g/mol. The van der Waals surface area contributed by atoms with Gasteiger partial charge in [-0.05, 0) is 30.5 Å². The summed E-state index contributed by atoms with van der Waals surface area (Å²) >= 11 is 0. The van der Waals surface area contributed by atoms with Crippen molar-refractivity contribution in [3.05, 3.63) is 65.5 Å². The lowest BCUT2D eigenvalue weighted by molar-refractivity contribution is -0.133. The minimum atomic E-state index is -0.00689. The lowest BCUT2D eigenvalue weighted by Gasteiger charge is -2.31. The number of hydrogen-bond acceptors (Lipinski definition) is 3. The number of aromatic nitrogens is 1. The van der Waals surface area contributed by atoms with E-state index in [0.717, 1.165) is 30.5 Å². The molecule has 1 atom stereocenters. The predicted octanol–water partition coefficient (Wildman–Crippen LogP) is 3.69. The maximum atomic E-state index is 13.1. The molecule has 2 amide bonds. The average molecular weight is 380 g/mol. The SMILES string of the molecule is CCCc1cc(C(=O)N2CCC(=O)N(Cc3ccccc3)[C@H](CC)C2)ccn1. The van der Waals surface area contributed by atoms with Gasteiger partial charge in [-0.2, -0.15) is 0 Å². The minimum absolute atomic E-state index is 0.00689. The van der Waals surface area contributed by atoms with E-state index < -0.39 is 0 Å². The lowest BCUT2D eigenvalue weighted by Crippen LogP contribution is -2.43. The smallest absolute Gasteiger partial charge is 0.254 e. The van der Waals surface area contributed by atoms with Gasteiger partial charge in [-0.15, -0.1) is 0 Å². The monoisotopic (exact) mass is 379 g/mol. The summed E-state index contributed by atoms with van der Waals surface area (Å²) in [6, 6.07) is 13.7. The Balaban J connectivity index is 1.77. The molecule has 2 heterocycles. The molecule has 0 unspecified atom stereocenters. The van der Waals surface area contributed by atoms with Gasteiger partial charge in [0.2, 0.25) is 5.91 Å². The number of pyridine rings is 1. The van der Waals surface area contributed by atoms with Crippen LogP contribution in [0.3, 0.4) is 0 Å². The number of aryl methyl sites for hydroxylation is 1. The Morgan fingerprint density at radius 2 is 1.96 bits per heavy atom. The van der Waals surface area contributed by atoms with Crippen molar-refractivity contribution < 1.29 is 9.59 Å². The molecule has 148 valence electrons. The molecule has 1 fully saturated rings. The molecule has 1 aromatic carbocycles. The minimum Gasteiger partial charge on any atom is -0.336 e. The second-order valence-corrected chi connectivity index (χ2v) is 7.36. The van der Waals surface area contributed by atoms with E-state index in [0.29, 0.717) is 31.6 Å². The fraction of sp³-hybridized carbons (Fsp3) is 0.435. The number of carbonyl (C=O) groups is 2. The topological polar surface area (TPSA) is 53.5 Å². The lowest BCUT2D eigenvalue weighted by atomic mass is 10.1. The van der Waals surface area contributed by atoms with E-state index in [4.69, 9.17) is 0 Å². The van der Waals surface area contributed by atoms with Crippen molar-refractivity contribution in [1.29, 1.82) is 0 Å². The first-order chi connectivity index (χ1) is 13.6. The zero-order valence-electron chi connectivity index (χ0n) is 16.8. The largest absolute Gasteiger partial charge is 0.336 e. The summed E-state index contributed by atoms with van der Waals surface area (Å²) in [6.45, 7) is 5.81. The van der Waals surface area contributed by atoms with Gasteiger partial charge in [0, 0.05) is 49.6 Å². The van der Waals surface area contributed by atoms with Crippen LogP contribution < -0.4 is 0 Å². The number of hydrogen-bond donors (Lipinski definition) is 0. The van der Waals surface area contributed by atoms with Gasteiger partial charge < -0.3 is 9.80 Å². The van der Waals surface area contributed by atoms with Crippen LogP contribution in [0.4, 0.5) is 0 Å². The summed E-state index contributed by atoms with van der Waals surface area (Å²) in [5, 5.41) is 0. The van der Waals surface area contributed by atoms with Gasteiger partial charge in [0.15, 0.2) is 0 Å². The molecule has 1 aromatic heterocycles. The summed E-state index contributed by atoms with van der Waals surface area (Å²) in [7, 11) is 0. The molecule has 1 aliphatic heterocycles. The highest BCUT2D eigenvalue weighted by molar-refractivity contribution is 5.94. The Kier molecular flexibility index (Phi) is 6.80. The second-order valence-electron chi connectivity index (χ2n) is 7.36. The van der Waals surface area contributed by atoms with Crippen molar-refractivity contribution in [1.82, 2.24) is 14.8 Å². The zero-order chi connectivity index (χ0) is 19.9. The molecule has 2 aromatic rings. The van der Waals surface area contributed by atoms with E-state index in [9.17, 15) is 9.59 Å². The van der Waals surface area contributed by atoms with Crippen molar-refractivity contribution >= 4 is 11.8 Å². The van der Waals surface area contributed by atoms with Crippen molar-refractivity contribution in [2.24, 2.45) is 0 Å². The summed E-state index contributed by atoms with van der Waals surface area (Å²) in [5.74, 6) is 0.111. The quantitative estimate of drug-likeness (QED) is 0.769. The molecule has 3 rings (SSSR count). The highest BCUT2D eigenvalue weighted by Crippen LogP contribution is 2.19. The first-order valence-electron chi connectivity index (χ1n) is 10.2. The Morgan fingerprint density at radius 3 is 2.68 bits per heavy atom. The Labute approximate surface area is 167 Å². The fourth-order valence-corrected chi connectivity index (χ4v) is 3.74. The first kappa shape index (κ1) is 20.1. The molecule has 28 heavy (non-hydrogen) atoms. The first-order valence-corrected chi connectivity index (χ1v) is 10.2. The van der Waals surface area contributed by atoms with Crippen molar-refractivity contribution in [3.63, 3.8) is 0 Å². The van der Waals surface area contributed by atoms with Gasteiger partial charge in [-0.3, -0.25) is 14.6 Å². The normalized spacial score (nSPS) is 17.5. The molecule has 0 saturated carbocycles. The van der Waals surface area contributed by atoms with Gasteiger partial charge in [0.1, 0.15) is 0 Å². The van der Waals surface area contributed by atoms with Crippen LogP contribution in [0.25, 0.3) is 0 Å². The van der Waals surface area contributed by atoms with E-state index in [1.165, 1.54) is 0 Å². The number of benzene rings is 1. The number of amides is 2. The molecular formula is C23H29N3O2. The highest BCUT2D eigenvalue weighted by Gasteiger charge is 2.31. The van der Waals surface area contributed by atoms with Gasteiger partial charge in [-0.25, -0.2) is 0 Å². The number of rotatable bonds is 6. The van der Waals surface area contributed by atoms with Crippen LogP contribution >= 0.6 is 0 Å². The van der Waals surface area contributed by atoms with Crippen LogP contribution in [-0.2, 0) is 17.8 Å². The number of nitrogens with zero attached hydrogens (tertiary/aromatic N) is 3. The van der Waals surface area contributed by atoms with Crippen LogP contribution in [0.5, 0.6) is 0 Å². The standard InChI is InChI=1S/C23H29N3O2/c1-3-8-20-15-19(11-13-24-20)23(28)25-14-12-22(27)26(21(4-2)17-25)16-18-9-6-5-7-10-18/h5-7,9-11,13,15,21H,3-4,8,12,14,16-17H2,1-2H3/t21-/m1/s1. The molecule has 0 radical (unpaired) electrons. The molecule has 0 bridgehead atoms. The Bertz CT molecular complexity index is 807. The summed E-state index contributed by atoms with van der Waals surface area (Å²) < 4.78 is 0. The fourth-order valence-electron chi connectivity index (χ4n) is 3.74. The van der Waals surface area contributed by atoms with Gasteiger partial charge in [-0.1, -0.05) is 50.6 Å². The van der Waals surface area contributed by atoms with E-state index in [1.807, 2.05) is 46.2 Å². The summed E-state index contributed by atoms with van der Waals surface area (Å²) in [6.07, 6.45) is 4.75. The highest BCUT2D eigenvalue weighted by atomic mass is 16.2. The van der Waals surface area contributed by atoms with Crippen molar-refractivity contribution in [2.45, 2.75) is 52.1 Å². The third-order valence-electron chi connectivity index (χ3n) is 5.31. The van der Waals surface area contributed by atoms with Gasteiger partial charge >= 0.3 is 0 Å². The van der Waals surface area contributed by atoms with Crippen LogP contribution in [0.2, 0.25) is 0 Å². The third kappa shape index (κ3) is 4.77. The van der Waals surface area contributed by atoms with E-state index in [2.05, 4.69) is 18.8 Å². The average Bonchev–Trinajstić information content (AvgIpc) is 2.88. The third-order valence-corrected chi connectivity index (χ3v) is 5.31. The number of carbonyl (C=O) groups excluding carboxylic acids is 2. The molecule has 0 aliphatic carbocycles.